The summed E-state index contributed by atoms with van der Waals surface area (Å²) in [6.45, 7) is 10.6. The molecule has 0 aliphatic carbocycles. The number of ether oxygens (including phenoxy) is 1. The third kappa shape index (κ3) is 5.10. The third-order valence-electron chi connectivity index (χ3n) is 5.92. The number of guanidine groups is 1. The smallest absolute Gasteiger partial charge is 0.193 e. The Bertz CT molecular complexity index is 832. The first-order valence-electron chi connectivity index (χ1n) is 10.3. The fourth-order valence-corrected chi connectivity index (χ4v) is 5.43. The van der Waals surface area contributed by atoms with Crippen molar-refractivity contribution in [1.29, 1.82) is 0 Å². The Balaban J connectivity index is 1.74. The Hall–Kier alpha value is -1.64. The van der Waals surface area contributed by atoms with E-state index in [1.165, 1.54) is 11.1 Å². The molecule has 0 spiro atoms. The lowest BCUT2D eigenvalue weighted by Gasteiger charge is -2.40. The molecule has 2 heterocycles. The summed E-state index contributed by atoms with van der Waals surface area (Å²) < 4.78 is 29.5. The number of aliphatic imine (C=N–C) groups is 1. The number of aryl methyl sites for hydroxylation is 1. The second kappa shape index (κ2) is 9.02. The maximum absolute atomic E-state index is 12.3. The fraction of sp³-hybridized carbons (Fsp3) is 0.667. The summed E-state index contributed by atoms with van der Waals surface area (Å²) >= 11 is 0. The largest absolute Gasteiger partial charge is 0.379 e. The van der Waals surface area contributed by atoms with Gasteiger partial charge in [0.15, 0.2) is 15.8 Å². The van der Waals surface area contributed by atoms with E-state index in [1.807, 2.05) is 0 Å². The minimum Gasteiger partial charge on any atom is -0.379 e. The second-order valence-corrected chi connectivity index (χ2v) is 11.2. The fourth-order valence-electron chi connectivity index (χ4n) is 4.07. The molecule has 2 aliphatic heterocycles. The third-order valence-corrected chi connectivity index (χ3v) is 8.45. The maximum atomic E-state index is 12.3. The maximum Gasteiger partial charge on any atom is 0.193 e. The molecule has 162 valence electrons. The van der Waals surface area contributed by atoms with Crippen LogP contribution in [0.25, 0.3) is 0 Å². The molecule has 1 atom stereocenters. The van der Waals surface area contributed by atoms with Crippen molar-refractivity contribution in [3.8, 4) is 0 Å². The number of morpholine rings is 1. The van der Waals surface area contributed by atoms with Crippen molar-refractivity contribution in [2.75, 3.05) is 58.7 Å². The molecular formula is C21H34N4O3S. The van der Waals surface area contributed by atoms with Gasteiger partial charge >= 0.3 is 0 Å². The van der Waals surface area contributed by atoms with Crippen molar-refractivity contribution >= 4 is 15.8 Å². The highest BCUT2D eigenvalue weighted by atomic mass is 32.2. The topological polar surface area (TPSA) is 74.2 Å². The number of nitrogens with zero attached hydrogens (tertiary/aromatic N) is 3. The van der Waals surface area contributed by atoms with E-state index in [0.717, 1.165) is 32.3 Å². The van der Waals surface area contributed by atoms with Crippen LogP contribution in [0, 0.1) is 6.92 Å². The summed E-state index contributed by atoms with van der Waals surface area (Å²) in [7, 11) is -1.32. The zero-order valence-corrected chi connectivity index (χ0v) is 18.8. The molecule has 0 amide bonds. The first-order chi connectivity index (χ1) is 13.7. The lowest BCUT2D eigenvalue weighted by atomic mass is 10.0. The van der Waals surface area contributed by atoms with Crippen LogP contribution < -0.4 is 5.32 Å². The molecule has 3 rings (SSSR count). The van der Waals surface area contributed by atoms with Crippen LogP contribution >= 0.6 is 0 Å². The zero-order valence-electron chi connectivity index (χ0n) is 18.0. The molecule has 1 unspecified atom stereocenters. The predicted molar refractivity (Wildman–Crippen MR) is 117 cm³/mol. The average molecular weight is 423 g/mol. The van der Waals surface area contributed by atoms with Crippen molar-refractivity contribution in [2.45, 2.75) is 31.6 Å². The van der Waals surface area contributed by atoms with Crippen molar-refractivity contribution in [3.05, 3.63) is 35.4 Å². The first kappa shape index (κ1) is 22.1. The first-order valence-corrected chi connectivity index (χ1v) is 11.9. The van der Waals surface area contributed by atoms with Crippen LogP contribution in [0.1, 0.15) is 31.0 Å². The molecule has 1 aromatic rings. The van der Waals surface area contributed by atoms with Gasteiger partial charge < -0.3 is 15.0 Å². The van der Waals surface area contributed by atoms with Crippen molar-refractivity contribution in [3.63, 3.8) is 0 Å². The summed E-state index contributed by atoms with van der Waals surface area (Å²) in [6, 6.07) is 8.83. The number of sulfone groups is 1. The van der Waals surface area contributed by atoms with Crippen LogP contribution in [0.2, 0.25) is 0 Å². The number of nitrogens with one attached hydrogen (secondary N) is 1. The molecule has 2 aliphatic rings. The molecule has 0 saturated carbocycles. The number of rotatable bonds is 4. The Morgan fingerprint density at radius 2 is 2.00 bits per heavy atom. The Morgan fingerprint density at radius 1 is 1.28 bits per heavy atom. The monoisotopic (exact) mass is 422 g/mol. The van der Waals surface area contributed by atoms with E-state index in [2.05, 4.69) is 51.3 Å². The predicted octanol–water partition coefficient (Wildman–Crippen LogP) is 1.45. The minimum atomic E-state index is -3.08. The second-order valence-electron chi connectivity index (χ2n) is 8.51. The van der Waals surface area contributed by atoms with Gasteiger partial charge in [0.2, 0.25) is 0 Å². The molecule has 0 aromatic heterocycles. The molecule has 2 fully saturated rings. The molecule has 1 aromatic carbocycles. The molecule has 0 bridgehead atoms. The minimum absolute atomic E-state index is 0.158. The standard InChI is InChI=1S/C21H34N4O3S/c1-17-6-5-7-18(14-17)19(24-8-11-28-12-9-24)15-23-20(22-4)25-10-13-29(26,27)21(2,3)16-25/h5-7,14,19H,8-13,15-16H2,1-4H3,(H,22,23). The molecular weight excluding hydrogens is 388 g/mol. The van der Waals surface area contributed by atoms with E-state index in [1.54, 1.807) is 20.9 Å². The molecule has 29 heavy (non-hydrogen) atoms. The Morgan fingerprint density at radius 3 is 2.62 bits per heavy atom. The number of hydrogen-bond acceptors (Lipinski definition) is 5. The summed E-state index contributed by atoms with van der Waals surface area (Å²) in [6.07, 6.45) is 0. The van der Waals surface area contributed by atoms with Gasteiger partial charge in [0.05, 0.1) is 29.8 Å². The van der Waals surface area contributed by atoms with Crippen LogP contribution in [0.4, 0.5) is 0 Å². The van der Waals surface area contributed by atoms with Gasteiger partial charge in [-0.15, -0.1) is 0 Å². The number of benzene rings is 1. The van der Waals surface area contributed by atoms with E-state index in [4.69, 9.17) is 4.74 Å². The summed E-state index contributed by atoms with van der Waals surface area (Å²) in [5, 5.41) is 3.52. The molecule has 7 nitrogen and oxygen atoms in total. The van der Waals surface area contributed by atoms with Crippen LogP contribution in [0.15, 0.2) is 29.3 Å². The average Bonchev–Trinajstić information content (AvgIpc) is 2.68. The van der Waals surface area contributed by atoms with E-state index < -0.39 is 14.6 Å². The summed E-state index contributed by atoms with van der Waals surface area (Å²) in [5.41, 5.74) is 2.52. The van der Waals surface area contributed by atoms with Crippen LogP contribution in [-0.2, 0) is 14.6 Å². The lowest BCUT2D eigenvalue weighted by molar-refractivity contribution is 0.0169. The SMILES string of the molecule is CN=C(NCC(c1cccc(C)c1)N1CCOCC1)N1CCS(=O)(=O)C(C)(C)C1. The highest BCUT2D eigenvalue weighted by Gasteiger charge is 2.41. The Kier molecular flexibility index (Phi) is 6.86. The van der Waals surface area contributed by atoms with E-state index in [-0.39, 0.29) is 11.8 Å². The number of hydrogen-bond donors (Lipinski definition) is 1. The molecule has 8 heteroatoms. The van der Waals surface area contributed by atoms with Gasteiger partial charge in [-0.25, -0.2) is 8.42 Å². The summed E-state index contributed by atoms with van der Waals surface area (Å²) in [4.78, 5) is 8.96. The van der Waals surface area contributed by atoms with Gasteiger partial charge in [0, 0.05) is 39.8 Å². The lowest BCUT2D eigenvalue weighted by Crippen LogP contribution is -2.58. The van der Waals surface area contributed by atoms with Gasteiger partial charge in [-0.3, -0.25) is 9.89 Å². The van der Waals surface area contributed by atoms with E-state index >= 15 is 0 Å². The molecule has 2 saturated heterocycles. The summed E-state index contributed by atoms with van der Waals surface area (Å²) in [5.74, 6) is 0.921. The highest BCUT2D eigenvalue weighted by Crippen LogP contribution is 2.25. The van der Waals surface area contributed by atoms with Gasteiger partial charge in [0.25, 0.3) is 0 Å². The molecule has 1 N–H and O–H groups in total. The van der Waals surface area contributed by atoms with Gasteiger partial charge in [-0.05, 0) is 26.3 Å². The van der Waals surface area contributed by atoms with Crippen molar-refractivity contribution in [1.82, 2.24) is 15.1 Å². The quantitative estimate of drug-likeness (QED) is 0.585. The normalized spacial score (nSPS) is 23.6. The van der Waals surface area contributed by atoms with Crippen LogP contribution in [0.5, 0.6) is 0 Å². The van der Waals surface area contributed by atoms with Gasteiger partial charge in [-0.2, -0.15) is 0 Å². The Labute approximate surface area is 175 Å². The van der Waals surface area contributed by atoms with Gasteiger partial charge in [0.1, 0.15) is 0 Å². The van der Waals surface area contributed by atoms with Gasteiger partial charge in [-0.1, -0.05) is 29.8 Å². The van der Waals surface area contributed by atoms with E-state index in [9.17, 15) is 8.42 Å². The van der Waals surface area contributed by atoms with Crippen molar-refractivity contribution < 1.29 is 13.2 Å². The van der Waals surface area contributed by atoms with E-state index in [0.29, 0.717) is 19.6 Å². The van der Waals surface area contributed by atoms with Crippen molar-refractivity contribution in [2.24, 2.45) is 4.99 Å². The van der Waals surface area contributed by atoms with Crippen LogP contribution in [-0.4, -0.2) is 87.7 Å². The highest BCUT2D eigenvalue weighted by molar-refractivity contribution is 7.92. The molecule has 0 radical (unpaired) electrons. The zero-order chi connectivity index (χ0) is 21.1. The van der Waals surface area contributed by atoms with Crippen LogP contribution in [0.3, 0.4) is 0 Å².